The molecule has 0 fully saturated rings. The molecule has 0 aliphatic rings. The molecule has 1 aromatic rings. The van der Waals surface area contributed by atoms with Gasteiger partial charge in [-0.1, -0.05) is 38.4 Å². The fourth-order valence-electron chi connectivity index (χ4n) is 2.19. The monoisotopic (exact) mass is 311 g/mol. The van der Waals surface area contributed by atoms with E-state index in [-0.39, 0.29) is 17.7 Å². The highest BCUT2D eigenvalue weighted by Crippen LogP contribution is 2.23. The summed E-state index contributed by atoms with van der Waals surface area (Å²) in [5.74, 6) is -1.27. The summed E-state index contributed by atoms with van der Waals surface area (Å²) < 4.78 is 0. The molecule has 5 heteroatoms. The van der Waals surface area contributed by atoms with Crippen molar-refractivity contribution in [3.8, 4) is 0 Å². The second-order valence-corrected chi connectivity index (χ2v) is 6.92. The number of carbonyl (C=O) groups is 2. The summed E-state index contributed by atoms with van der Waals surface area (Å²) >= 11 is 6.07. The molecule has 1 amide bonds. The van der Waals surface area contributed by atoms with Crippen molar-refractivity contribution in [2.45, 2.75) is 46.6 Å². The summed E-state index contributed by atoms with van der Waals surface area (Å²) in [6, 6.07) is 4.75. The molecule has 2 N–H and O–H groups in total. The minimum Gasteiger partial charge on any atom is -0.481 e. The summed E-state index contributed by atoms with van der Waals surface area (Å²) in [6.45, 7) is 7.91. The molecule has 0 saturated heterocycles. The number of hydrogen-bond donors (Lipinski definition) is 2. The second kappa shape index (κ2) is 6.94. The second-order valence-electron chi connectivity index (χ2n) is 6.52. The maximum atomic E-state index is 12.3. The molecule has 0 radical (unpaired) electrons. The van der Waals surface area contributed by atoms with Crippen LogP contribution in [0, 0.1) is 12.3 Å². The summed E-state index contributed by atoms with van der Waals surface area (Å²) in [5, 5.41) is 12.1. The van der Waals surface area contributed by atoms with Gasteiger partial charge in [0.05, 0.1) is 17.0 Å². The zero-order valence-corrected chi connectivity index (χ0v) is 13.6. The first kappa shape index (κ1) is 17.5. The first-order chi connectivity index (χ1) is 9.58. The quantitative estimate of drug-likeness (QED) is 0.872. The topological polar surface area (TPSA) is 66.4 Å². The molecule has 0 spiro atoms. The Labute approximate surface area is 130 Å². The average molecular weight is 312 g/mol. The van der Waals surface area contributed by atoms with E-state index in [1.54, 1.807) is 18.2 Å². The maximum Gasteiger partial charge on any atom is 0.305 e. The van der Waals surface area contributed by atoms with Crippen LogP contribution in [0.1, 0.15) is 49.5 Å². The predicted octanol–water partition coefficient (Wildman–Crippen LogP) is 3.66. The molecule has 4 nitrogen and oxygen atoms in total. The third kappa shape index (κ3) is 6.17. The molecule has 0 aromatic heterocycles. The van der Waals surface area contributed by atoms with E-state index in [1.807, 2.05) is 27.7 Å². The molecule has 0 heterocycles. The van der Waals surface area contributed by atoms with E-state index in [4.69, 9.17) is 16.7 Å². The van der Waals surface area contributed by atoms with E-state index >= 15 is 0 Å². The standard InChI is InChI=1S/C16H22ClNO3/c1-10-5-6-12(13(17)7-10)15(21)18-11(8-14(19)20)9-16(2,3)4/h5-7,11H,8-9H2,1-4H3,(H,18,21)(H,19,20). The number of nitrogens with one attached hydrogen (secondary N) is 1. The van der Waals surface area contributed by atoms with Gasteiger partial charge in [0.25, 0.3) is 5.91 Å². The lowest BCUT2D eigenvalue weighted by Gasteiger charge is -2.26. The minimum absolute atomic E-state index is 0.0789. The highest BCUT2D eigenvalue weighted by molar-refractivity contribution is 6.33. The number of benzene rings is 1. The zero-order chi connectivity index (χ0) is 16.2. The van der Waals surface area contributed by atoms with Crippen LogP contribution in [0.3, 0.4) is 0 Å². The molecular weight excluding hydrogens is 290 g/mol. The van der Waals surface area contributed by atoms with E-state index in [0.717, 1.165) is 5.56 Å². The van der Waals surface area contributed by atoms with Gasteiger partial charge in [-0.3, -0.25) is 9.59 Å². The zero-order valence-electron chi connectivity index (χ0n) is 12.9. The number of rotatable bonds is 5. The number of amides is 1. The van der Waals surface area contributed by atoms with Crippen molar-refractivity contribution in [1.29, 1.82) is 0 Å². The Bertz CT molecular complexity index is 535. The molecule has 0 bridgehead atoms. The summed E-state index contributed by atoms with van der Waals surface area (Å²) in [6.07, 6.45) is 0.473. The van der Waals surface area contributed by atoms with Crippen molar-refractivity contribution in [2.75, 3.05) is 0 Å². The Balaban J connectivity index is 2.86. The van der Waals surface area contributed by atoms with Gasteiger partial charge in [0.15, 0.2) is 0 Å². The Hall–Kier alpha value is -1.55. The predicted molar refractivity (Wildman–Crippen MR) is 83.8 cm³/mol. The third-order valence-corrected chi connectivity index (χ3v) is 3.30. The fraction of sp³-hybridized carbons (Fsp3) is 0.500. The van der Waals surface area contributed by atoms with E-state index < -0.39 is 12.0 Å². The fourth-order valence-corrected chi connectivity index (χ4v) is 2.51. The summed E-state index contributed by atoms with van der Waals surface area (Å²) in [7, 11) is 0. The maximum absolute atomic E-state index is 12.3. The van der Waals surface area contributed by atoms with Crippen LogP contribution in [0.25, 0.3) is 0 Å². The average Bonchev–Trinajstić information content (AvgIpc) is 2.24. The highest BCUT2D eigenvalue weighted by Gasteiger charge is 2.23. The van der Waals surface area contributed by atoms with Gasteiger partial charge in [-0.05, 0) is 36.5 Å². The van der Waals surface area contributed by atoms with Crippen LogP contribution in [-0.2, 0) is 4.79 Å². The number of carbonyl (C=O) groups excluding carboxylic acids is 1. The molecule has 21 heavy (non-hydrogen) atoms. The van der Waals surface area contributed by atoms with Crippen LogP contribution in [0.4, 0.5) is 0 Å². The van der Waals surface area contributed by atoms with E-state index in [9.17, 15) is 9.59 Å². The Morgan fingerprint density at radius 2 is 1.95 bits per heavy atom. The van der Waals surface area contributed by atoms with Gasteiger partial charge in [-0.15, -0.1) is 0 Å². The van der Waals surface area contributed by atoms with E-state index in [0.29, 0.717) is 17.0 Å². The summed E-state index contributed by atoms with van der Waals surface area (Å²) in [4.78, 5) is 23.2. The molecule has 0 saturated carbocycles. The Morgan fingerprint density at radius 1 is 1.33 bits per heavy atom. The molecule has 0 aliphatic heterocycles. The number of halogens is 1. The molecule has 1 rings (SSSR count). The highest BCUT2D eigenvalue weighted by atomic mass is 35.5. The molecule has 1 atom stereocenters. The summed E-state index contributed by atoms with van der Waals surface area (Å²) in [5.41, 5.74) is 1.25. The van der Waals surface area contributed by atoms with Gasteiger partial charge in [0.1, 0.15) is 0 Å². The Kier molecular flexibility index (Phi) is 5.78. The van der Waals surface area contributed by atoms with E-state index in [2.05, 4.69) is 5.32 Å². The SMILES string of the molecule is Cc1ccc(C(=O)NC(CC(=O)O)CC(C)(C)C)c(Cl)c1. The van der Waals surface area contributed by atoms with Gasteiger partial charge in [-0.2, -0.15) is 0 Å². The first-order valence-electron chi connectivity index (χ1n) is 6.87. The van der Waals surface area contributed by atoms with Crippen molar-refractivity contribution in [1.82, 2.24) is 5.32 Å². The van der Waals surface area contributed by atoms with Crippen molar-refractivity contribution in [3.05, 3.63) is 34.3 Å². The van der Waals surface area contributed by atoms with Crippen molar-refractivity contribution >= 4 is 23.5 Å². The Morgan fingerprint density at radius 3 is 2.43 bits per heavy atom. The number of carboxylic acids is 1. The van der Waals surface area contributed by atoms with Gasteiger partial charge >= 0.3 is 5.97 Å². The molecule has 1 unspecified atom stereocenters. The molecule has 116 valence electrons. The van der Waals surface area contributed by atoms with E-state index in [1.165, 1.54) is 0 Å². The van der Waals surface area contributed by atoms with Crippen LogP contribution in [-0.4, -0.2) is 23.0 Å². The lowest BCUT2D eigenvalue weighted by Crippen LogP contribution is -2.39. The van der Waals surface area contributed by atoms with Gasteiger partial charge < -0.3 is 10.4 Å². The molecular formula is C16H22ClNO3. The van der Waals surface area contributed by atoms with Crippen LogP contribution < -0.4 is 5.32 Å². The van der Waals surface area contributed by atoms with Gasteiger partial charge in [-0.25, -0.2) is 0 Å². The number of carboxylic acid groups (broad SMARTS) is 1. The number of aliphatic carboxylic acids is 1. The first-order valence-corrected chi connectivity index (χ1v) is 7.25. The molecule has 1 aromatic carbocycles. The lowest BCUT2D eigenvalue weighted by atomic mass is 9.87. The van der Waals surface area contributed by atoms with Crippen LogP contribution in [0.15, 0.2) is 18.2 Å². The normalized spacial score (nSPS) is 12.8. The third-order valence-electron chi connectivity index (χ3n) is 2.98. The minimum atomic E-state index is -0.931. The number of aryl methyl sites for hydroxylation is 1. The van der Waals surface area contributed by atoms with Crippen molar-refractivity contribution in [2.24, 2.45) is 5.41 Å². The largest absolute Gasteiger partial charge is 0.481 e. The smallest absolute Gasteiger partial charge is 0.305 e. The lowest BCUT2D eigenvalue weighted by molar-refractivity contribution is -0.137. The van der Waals surface area contributed by atoms with Crippen LogP contribution in [0.2, 0.25) is 5.02 Å². The number of hydrogen-bond acceptors (Lipinski definition) is 2. The van der Waals surface area contributed by atoms with Crippen LogP contribution in [0.5, 0.6) is 0 Å². The van der Waals surface area contributed by atoms with Crippen LogP contribution >= 0.6 is 11.6 Å². The molecule has 0 aliphatic carbocycles. The van der Waals surface area contributed by atoms with Crippen molar-refractivity contribution in [3.63, 3.8) is 0 Å². The van der Waals surface area contributed by atoms with Gasteiger partial charge in [0.2, 0.25) is 0 Å². The van der Waals surface area contributed by atoms with Gasteiger partial charge in [0, 0.05) is 6.04 Å². The van der Waals surface area contributed by atoms with Crippen molar-refractivity contribution < 1.29 is 14.7 Å².